The van der Waals surface area contributed by atoms with Crippen LogP contribution in [0.1, 0.15) is 11.7 Å². The second-order valence-corrected chi connectivity index (χ2v) is 3.58. The zero-order valence-corrected chi connectivity index (χ0v) is 9.36. The first-order valence-electron chi connectivity index (χ1n) is 4.83. The zero-order valence-electron chi connectivity index (χ0n) is 9.36. The fraction of sp³-hybridized carbons (Fsp3) is 0.300. The topological polar surface area (TPSA) is 87.0 Å². The molecule has 0 aromatic heterocycles. The highest BCUT2D eigenvalue weighted by Gasteiger charge is 2.61. The standard InChI is InChI=1S/C10H7F5O5/c11-9(12,13)10(14,15)20-6-3-4(1-2-5(6)16)7(17)8(18)19/h1-3,7,16-17H,(H,18,19). The summed E-state index contributed by atoms with van der Waals surface area (Å²) < 4.78 is 64.5. The minimum absolute atomic E-state index is 0.369. The first-order valence-corrected chi connectivity index (χ1v) is 4.83. The van der Waals surface area contributed by atoms with Crippen molar-refractivity contribution < 1.29 is 46.8 Å². The molecule has 0 amide bonds. The van der Waals surface area contributed by atoms with E-state index in [1.165, 1.54) is 0 Å². The molecule has 10 heteroatoms. The Bertz CT molecular complexity index is 513. The summed E-state index contributed by atoms with van der Waals surface area (Å²) in [5.74, 6) is -4.15. The number of carboxylic acid groups (broad SMARTS) is 1. The van der Waals surface area contributed by atoms with E-state index in [1.807, 2.05) is 0 Å². The molecule has 0 fully saturated rings. The number of carboxylic acids is 1. The predicted molar refractivity (Wildman–Crippen MR) is 52.3 cm³/mol. The van der Waals surface area contributed by atoms with Gasteiger partial charge in [0.25, 0.3) is 0 Å². The van der Waals surface area contributed by atoms with E-state index in [0.29, 0.717) is 12.1 Å². The molecule has 0 bridgehead atoms. The minimum Gasteiger partial charge on any atom is -0.504 e. The van der Waals surface area contributed by atoms with Crippen molar-refractivity contribution in [1.29, 1.82) is 0 Å². The van der Waals surface area contributed by atoms with Gasteiger partial charge in [-0.2, -0.15) is 22.0 Å². The Morgan fingerprint density at radius 2 is 1.75 bits per heavy atom. The summed E-state index contributed by atoms with van der Waals surface area (Å²) in [5, 5.41) is 26.7. The van der Waals surface area contributed by atoms with E-state index >= 15 is 0 Å². The number of alkyl halides is 5. The second kappa shape index (κ2) is 5.12. The van der Waals surface area contributed by atoms with Crippen LogP contribution < -0.4 is 4.74 Å². The molecule has 5 nitrogen and oxygen atoms in total. The van der Waals surface area contributed by atoms with Crippen molar-refractivity contribution >= 4 is 5.97 Å². The normalized spacial score (nSPS) is 13.9. The molecular formula is C10H7F5O5. The highest BCUT2D eigenvalue weighted by atomic mass is 19.4. The average molecular weight is 302 g/mol. The number of aliphatic hydroxyl groups excluding tert-OH is 1. The number of carbonyl (C=O) groups is 1. The predicted octanol–water partition coefficient (Wildman–Crippen LogP) is 2.04. The first kappa shape index (κ1) is 16.0. The smallest absolute Gasteiger partial charge is 0.499 e. The molecule has 0 aliphatic heterocycles. The summed E-state index contributed by atoms with van der Waals surface area (Å²) in [6.45, 7) is 0. The van der Waals surface area contributed by atoms with Crippen LogP contribution in [0.5, 0.6) is 11.5 Å². The van der Waals surface area contributed by atoms with Gasteiger partial charge in [0.15, 0.2) is 17.6 Å². The van der Waals surface area contributed by atoms with Gasteiger partial charge in [0, 0.05) is 0 Å². The lowest BCUT2D eigenvalue weighted by Gasteiger charge is -2.21. The van der Waals surface area contributed by atoms with Gasteiger partial charge >= 0.3 is 18.3 Å². The average Bonchev–Trinajstić information content (AvgIpc) is 2.29. The van der Waals surface area contributed by atoms with E-state index in [1.54, 1.807) is 0 Å². The summed E-state index contributed by atoms with van der Waals surface area (Å²) >= 11 is 0. The van der Waals surface area contributed by atoms with Gasteiger partial charge in [0.05, 0.1) is 0 Å². The van der Waals surface area contributed by atoms with Gasteiger partial charge in [-0.15, -0.1) is 0 Å². The Kier molecular flexibility index (Phi) is 4.08. The SMILES string of the molecule is O=C(O)C(O)c1ccc(O)c(OC(F)(F)C(F)(F)F)c1. The van der Waals surface area contributed by atoms with Crippen LogP contribution in [0, 0.1) is 0 Å². The molecule has 0 heterocycles. The van der Waals surface area contributed by atoms with Gasteiger partial charge in [0.2, 0.25) is 0 Å². The largest absolute Gasteiger partial charge is 0.504 e. The van der Waals surface area contributed by atoms with Gasteiger partial charge in [-0.1, -0.05) is 6.07 Å². The van der Waals surface area contributed by atoms with Gasteiger partial charge in [-0.05, 0) is 17.7 Å². The number of phenols is 1. The minimum atomic E-state index is -6.03. The van der Waals surface area contributed by atoms with Crippen molar-refractivity contribution in [2.24, 2.45) is 0 Å². The van der Waals surface area contributed by atoms with Crippen molar-refractivity contribution in [3.8, 4) is 11.5 Å². The Hall–Kier alpha value is -2.10. The molecule has 1 rings (SSSR count). The third-order valence-corrected chi connectivity index (χ3v) is 2.10. The second-order valence-electron chi connectivity index (χ2n) is 3.58. The molecule has 1 aromatic carbocycles. The van der Waals surface area contributed by atoms with Gasteiger partial charge in [-0.25, -0.2) is 4.79 Å². The number of ether oxygens (including phenoxy) is 1. The van der Waals surface area contributed by atoms with Crippen molar-refractivity contribution in [3.05, 3.63) is 23.8 Å². The number of aliphatic hydroxyl groups is 1. The van der Waals surface area contributed by atoms with Crippen molar-refractivity contribution in [2.45, 2.75) is 18.4 Å². The van der Waals surface area contributed by atoms with Gasteiger partial charge < -0.3 is 20.1 Å². The maximum Gasteiger partial charge on any atom is 0.499 e. The van der Waals surface area contributed by atoms with E-state index in [0.717, 1.165) is 6.07 Å². The van der Waals surface area contributed by atoms with Crippen LogP contribution in [-0.4, -0.2) is 33.6 Å². The molecule has 3 N–H and O–H groups in total. The van der Waals surface area contributed by atoms with Crippen LogP contribution in [0.4, 0.5) is 22.0 Å². The van der Waals surface area contributed by atoms with E-state index < -0.39 is 41.4 Å². The quantitative estimate of drug-likeness (QED) is 0.741. The van der Waals surface area contributed by atoms with E-state index in [-0.39, 0.29) is 0 Å². The molecule has 0 saturated heterocycles. The van der Waals surface area contributed by atoms with E-state index in [4.69, 9.17) is 15.3 Å². The van der Waals surface area contributed by atoms with E-state index in [2.05, 4.69) is 4.74 Å². The molecule has 112 valence electrons. The van der Waals surface area contributed by atoms with Gasteiger partial charge in [0.1, 0.15) is 0 Å². The lowest BCUT2D eigenvalue weighted by atomic mass is 10.1. The van der Waals surface area contributed by atoms with Crippen LogP contribution >= 0.6 is 0 Å². The summed E-state index contributed by atoms with van der Waals surface area (Å²) in [5.41, 5.74) is -0.539. The number of aliphatic carboxylic acids is 1. The van der Waals surface area contributed by atoms with Crippen LogP contribution in [0.15, 0.2) is 18.2 Å². The highest BCUT2D eigenvalue weighted by molar-refractivity contribution is 5.74. The van der Waals surface area contributed by atoms with Crippen molar-refractivity contribution in [2.75, 3.05) is 0 Å². The number of rotatable bonds is 4. The molecule has 20 heavy (non-hydrogen) atoms. The third kappa shape index (κ3) is 3.26. The summed E-state index contributed by atoms with van der Waals surface area (Å²) in [4.78, 5) is 10.5. The number of hydrogen-bond donors (Lipinski definition) is 3. The molecule has 0 saturated carbocycles. The number of phenolic OH excluding ortho intramolecular Hbond substituents is 1. The lowest BCUT2D eigenvalue weighted by molar-refractivity contribution is -0.360. The Morgan fingerprint density at radius 3 is 2.20 bits per heavy atom. The first-order chi connectivity index (χ1) is 8.95. The zero-order chi connectivity index (χ0) is 15.7. The summed E-state index contributed by atoms with van der Waals surface area (Å²) in [7, 11) is 0. The van der Waals surface area contributed by atoms with Crippen LogP contribution in [0.2, 0.25) is 0 Å². The molecule has 0 spiro atoms. The summed E-state index contributed by atoms with van der Waals surface area (Å²) in [6.07, 6.45) is -13.8. The number of hydrogen-bond acceptors (Lipinski definition) is 4. The summed E-state index contributed by atoms with van der Waals surface area (Å²) in [6, 6.07) is 1.81. The Labute approximate surface area is 107 Å². The number of benzene rings is 1. The van der Waals surface area contributed by atoms with Crippen LogP contribution in [-0.2, 0) is 4.79 Å². The van der Waals surface area contributed by atoms with E-state index in [9.17, 15) is 26.7 Å². The van der Waals surface area contributed by atoms with Crippen LogP contribution in [0.25, 0.3) is 0 Å². The molecule has 0 radical (unpaired) electrons. The maximum absolute atomic E-state index is 12.7. The van der Waals surface area contributed by atoms with Crippen LogP contribution in [0.3, 0.4) is 0 Å². The number of aromatic hydroxyl groups is 1. The number of halogens is 5. The molecule has 1 unspecified atom stereocenters. The molecule has 1 aromatic rings. The fourth-order valence-electron chi connectivity index (χ4n) is 1.12. The molecule has 0 aliphatic rings. The van der Waals surface area contributed by atoms with Crippen molar-refractivity contribution in [3.63, 3.8) is 0 Å². The lowest BCUT2D eigenvalue weighted by Crippen LogP contribution is -2.41. The van der Waals surface area contributed by atoms with Gasteiger partial charge in [-0.3, -0.25) is 0 Å². The van der Waals surface area contributed by atoms with Crippen molar-refractivity contribution in [1.82, 2.24) is 0 Å². The molecule has 1 atom stereocenters. The molecular weight excluding hydrogens is 295 g/mol. The Morgan fingerprint density at radius 1 is 1.20 bits per heavy atom. The fourth-order valence-corrected chi connectivity index (χ4v) is 1.12. The third-order valence-electron chi connectivity index (χ3n) is 2.10. The molecule has 0 aliphatic carbocycles. The highest BCUT2D eigenvalue weighted by Crippen LogP contribution is 2.40. The Balaban J connectivity index is 3.13. The maximum atomic E-state index is 12.7. The monoisotopic (exact) mass is 302 g/mol.